The van der Waals surface area contributed by atoms with Crippen LogP contribution in [-0.4, -0.2) is 23.3 Å². The van der Waals surface area contributed by atoms with E-state index in [0.29, 0.717) is 18.4 Å². The Labute approximate surface area is 202 Å². The van der Waals surface area contributed by atoms with Crippen molar-refractivity contribution in [2.45, 2.75) is 84.3 Å². The Kier molecular flexibility index (Phi) is 5.34. The van der Waals surface area contributed by atoms with Gasteiger partial charge >= 0.3 is 11.9 Å². The minimum Gasteiger partial charge on any atom is -0.460 e. The van der Waals surface area contributed by atoms with E-state index in [1.165, 1.54) is 6.92 Å². The fraction of sp³-hybridized carbons (Fsp3) is 0.621. The highest BCUT2D eigenvalue weighted by Crippen LogP contribution is 2.72. The van der Waals surface area contributed by atoms with Gasteiger partial charge in [-0.3, -0.25) is 14.4 Å². The second-order valence-electron chi connectivity index (χ2n) is 11.7. The van der Waals surface area contributed by atoms with E-state index in [4.69, 9.17) is 9.47 Å². The van der Waals surface area contributed by atoms with E-state index in [2.05, 4.69) is 20.4 Å². The number of ketones is 1. The largest absolute Gasteiger partial charge is 0.460 e. The third-order valence-electron chi connectivity index (χ3n) is 10.1. The fourth-order valence-electron chi connectivity index (χ4n) is 8.65. The van der Waals surface area contributed by atoms with E-state index < -0.39 is 16.4 Å². The van der Waals surface area contributed by atoms with Gasteiger partial charge in [-0.25, -0.2) is 0 Å². The number of rotatable bonds is 4. The zero-order valence-electron chi connectivity index (χ0n) is 20.7. The lowest BCUT2D eigenvalue weighted by Crippen LogP contribution is -2.60. The summed E-state index contributed by atoms with van der Waals surface area (Å²) in [5, 5.41) is 0. The summed E-state index contributed by atoms with van der Waals surface area (Å²) in [5.41, 5.74) is -0.596. The van der Waals surface area contributed by atoms with Crippen LogP contribution < -0.4 is 0 Å². The maximum atomic E-state index is 13.7. The average molecular weight is 465 g/mol. The van der Waals surface area contributed by atoms with E-state index in [1.54, 1.807) is 0 Å². The third-order valence-corrected chi connectivity index (χ3v) is 10.1. The summed E-state index contributed by atoms with van der Waals surface area (Å²) in [6, 6.07) is 9.81. The predicted molar refractivity (Wildman–Crippen MR) is 127 cm³/mol. The lowest BCUT2D eigenvalue weighted by molar-refractivity contribution is -0.195. The van der Waals surface area contributed by atoms with Gasteiger partial charge in [0.25, 0.3) is 0 Å². The first kappa shape index (κ1) is 23.3. The predicted octanol–water partition coefficient (Wildman–Crippen LogP) is 5.56. The molecule has 0 radical (unpaired) electrons. The second-order valence-corrected chi connectivity index (χ2v) is 11.7. The number of fused-ring (bicyclic) bond motifs is 3. The van der Waals surface area contributed by atoms with E-state index in [0.717, 1.165) is 44.1 Å². The number of carbonyl (C=O) groups is 3. The second kappa shape index (κ2) is 7.79. The SMILES string of the molecule is C=C1C(=O)[C@@]23CC[C@H]4[C@@](C)(CCC[C@@]4(C)C(=O)OCc4ccccc4)[C@@H]2CC[C@@]1(OC(C)=O)C3. The van der Waals surface area contributed by atoms with Gasteiger partial charge in [-0.2, -0.15) is 0 Å². The third kappa shape index (κ3) is 3.15. The topological polar surface area (TPSA) is 69.7 Å². The molecular weight excluding hydrogens is 428 g/mol. The van der Waals surface area contributed by atoms with Crippen LogP contribution in [0.4, 0.5) is 0 Å². The molecule has 5 nitrogen and oxygen atoms in total. The number of Topliss-reactive ketones (excluding diaryl/α,β-unsaturated/α-hetero) is 1. The van der Waals surface area contributed by atoms with Crippen molar-refractivity contribution in [3.63, 3.8) is 0 Å². The van der Waals surface area contributed by atoms with Gasteiger partial charge in [0.05, 0.1) is 5.41 Å². The van der Waals surface area contributed by atoms with Crippen molar-refractivity contribution in [3.05, 3.63) is 48.0 Å². The molecule has 34 heavy (non-hydrogen) atoms. The molecule has 1 spiro atoms. The quantitative estimate of drug-likeness (QED) is 0.431. The molecule has 0 aliphatic heterocycles. The minimum atomic E-state index is -0.838. The molecule has 5 heteroatoms. The lowest BCUT2D eigenvalue weighted by Gasteiger charge is -2.63. The van der Waals surface area contributed by atoms with Crippen molar-refractivity contribution in [1.29, 1.82) is 0 Å². The molecular formula is C29H36O5. The number of carbonyl (C=O) groups excluding carboxylic acids is 3. The molecule has 4 fully saturated rings. The van der Waals surface area contributed by atoms with Crippen molar-refractivity contribution < 1.29 is 23.9 Å². The van der Waals surface area contributed by atoms with Crippen LogP contribution in [0.5, 0.6) is 0 Å². The molecule has 5 rings (SSSR count). The standard InChI is InChI=1S/C29H36O5/c1-19-24(31)28-15-11-22-26(3,23(28)12-16-29(19,18-28)34-20(2)30)13-8-14-27(22,4)25(32)33-17-21-9-6-5-7-10-21/h5-7,9-10,22-23H,1,8,11-18H2,2-4H3/t22-,23-,26+,27+,28+,29+/m0/s1. The van der Waals surface area contributed by atoms with Crippen molar-refractivity contribution >= 4 is 17.7 Å². The summed E-state index contributed by atoms with van der Waals surface area (Å²) in [6.45, 7) is 10.2. The maximum absolute atomic E-state index is 13.7. The van der Waals surface area contributed by atoms with E-state index >= 15 is 0 Å². The Morgan fingerprint density at radius 1 is 1.03 bits per heavy atom. The number of esters is 2. The van der Waals surface area contributed by atoms with Crippen molar-refractivity contribution in [2.75, 3.05) is 0 Å². The van der Waals surface area contributed by atoms with Gasteiger partial charge in [0, 0.05) is 24.3 Å². The lowest BCUT2D eigenvalue weighted by atomic mass is 9.40. The first-order chi connectivity index (χ1) is 16.1. The molecule has 1 aromatic rings. The van der Waals surface area contributed by atoms with Crippen LogP contribution in [-0.2, 0) is 30.5 Å². The summed E-state index contributed by atoms with van der Waals surface area (Å²) < 4.78 is 11.7. The molecule has 0 N–H and O–H groups in total. The molecule has 6 atom stereocenters. The van der Waals surface area contributed by atoms with Crippen LogP contribution in [0.2, 0.25) is 0 Å². The zero-order valence-corrected chi connectivity index (χ0v) is 20.7. The van der Waals surface area contributed by atoms with Gasteiger partial charge in [0.2, 0.25) is 0 Å². The molecule has 0 unspecified atom stereocenters. The van der Waals surface area contributed by atoms with Crippen LogP contribution in [0.15, 0.2) is 42.5 Å². The summed E-state index contributed by atoms with van der Waals surface area (Å²) in [7, 11) is 0. The average Bonchev–Trinajstić information content (AvgIpc) is 2.94. The van der Waals surface area contributed by atoms with Crippen LogP contribution in [0.3, 0.4) is 0 Å². The van der Waals surface area contributed by atoms with Crippen LogP contribution in [0, 0.1) is 28.1 Å². The molecule has 0 aromatic heterocycles. The van der Waals surface area contributed by atoms with Gasteiger partial charge in [0.15, 0.2) is 5.78 Å². The van der Waals surface area contributed by atoms with Crippen molar-refractivity contribution in [1.82, 2.24) is 0 Å². The molecule has 4 aliphatic carbocycles. The van der Waals surface area contributed by atoms with Crippen LogP contribution in [0.1, 0.15) is 77.7 Å². The first-order valence-electron chi connectivity index (χ1n) is 12.7. The molecule has 0 amide bonds. The molecule has 182 valence electrons. The van der Waals surface area contributed by atoms with Gasteiger partial charge in [-0.1, -0.05) is 50.3 Å². The molecule has 4 aliphatic rings. The zero-order chi connectivity index (χ0) is 24.4. The van der Waals surface area contributed by atoms with Gasteiger partial charge < -0.3 is 9.47 Å². The Balaban J connectivity index is 1.43. The van der Waals surface area contributed by atoms with E-state index in [9.17, 15) is 14.4 Å². The Morgan fingerprint density at radius 2 is 1.74 bits per heavy atom. The Hall–Kier alpha value is -2.43. The highest BCUT2D eigenvalue weighted by molar-refractivity contribution is 6.05. The van der Waals surface area contributed by atoms with E-state index in [1.807, 2.05) is 30.3 Å². The van der Waals surface area contributed by atoms with Crippen LogP contribution >= 0.6 is 0 Å². The van der Waals surface area contributed by atoms with Crippen molar-refractivity contribution in [3.8, 4) is 0 Å². The number of hydrogen-bond acceptors (Lipinski definition) is 5. The fourth-order valence-corrected chi connectivity index (χ4v) is 8.65. The monoisotopic (exact) mass is 464 g/mol. The maximum Gasteiger partial charge on any atom is 0.312 e. The molecule has 2 bridgehead atoms. The first-order valence-corrected chi connectivity index (χ1v) is 12.7. The van der Waals surface area contributed by atoms with Gasteiger partial charge in [0.1, 0.15) is 12.2 Å². The minimum absolute atomic E-state index is 0.0925. The molecule has 4 saturated carbocycles. The molecule has 1 aromatic carbocycles. The van der Waals surface area contributed by atoms with E-state index in [-0.39, 0.29) is 41.6 Å². The Bertz CT molecular complexity index is 1050. The number of hydrogen-bond donors (Lipinski definition) is 0. The number of ether oxygens (including phenoxy) is 2. The number of benzene rings is 1. The normalized spacial score (nSPS) is 40.8. The molecule has 0 heterocycles. The highest BCUT2D eigenvalue weighted by Gasteiger charge is 2.72. The summed E-state index contributed by atoms with van der Waals surface area (Å²) in [5.74, 6) is -0.0488. The van der Waals surface area contributed by atoms with Gasteiger partial charge in [-0.15, -0.1) is 0 Å². The Morgan fingerprint density at radius 3 is 2.44 bits per heavy atom. The summed E-state index contributed by atoms with van der Waals surface area (Å²) in [4.78, 5) is 39.1. The van der Waals surface area contributed by atoms with Crippen LogP contribution in [0.25, 0.3) is 0 Å². The van der Waals surface area contributed by atoms with Crippen molar-refractivity contribution in [2.24, 2.45) is 28.1 Å². The van der Waals surface area contributed by atoms with Gasteiger partial charge in [-0.05, 0) is 68.3 Å². The summed E-state index contributed by atoms with van der Waals surface area (Å²) >= 11 is 0. The molecule has 0 saturated heterocycles. The highest BCUT2D eigenvalue weighted by atomic mass is 16.6. The smallest absolute Gasteiger partial charge is 0.312 e. The summed E-state index contributed by atoms with van der Waals surface area (Å²) in [6.07, 6.45) is 6.31.